The zero-order valence-electron chi connectivity index (χ0n) is 5.39. The maximum atomic E-state index is 9.18. The first-order valence-electron chi connectivity index (χ1n) is 3.38. The monoisotopic (exact) mass is 241 g/mol. The molecule has 1 atom stereocenters. The Morgan fingerprint density at radius 3 is 2.89 bits per heavy atom. The molecule has 1 saturated heterocycles. The molecule has 0 saturated carbocycles. The van der Waals surface area contributed by atoms with E-state index >= 15 is 0 Å². The minimum Gasteiger partial charge on any atom is -0.393 e. The van der Waals surface area contributed by atoms with Gasteiger partial charge in [0.05, 0.1) is 6.10 Å². The predicted octanol–water partition coefficient (Wildman–Crippen LogP) is 1.18. The third kappa shape index (κ3) is 2.82. The van der Waals surface area contributed by atoms with Crippen molar-refractivity contribution >= 4 is 22.9 Å². The molecule has 0 aromatic rings. The fraction of sp³-hybridized carbons (Fsp3) is 1.00. The van der Waals surface area contributed by atoms with Gasteiger partial charge < -0.3 is 5.11 Å². The highest BCUT2D eigenvalue weighted by Crippen LogP contribution is 2.13. The lowest BCUT2D eigenvalue weighted by molar-refractivity contribution is 0.160. The molecule has 1 N–H and O–H groups in total. The highest BCUT2D eigenvalue weighted by molar-refractivity contribution is 14.1. The first-order chi connectivity index (χ1) is 4.29. The second kappa shape index (κ2) is 3.73. The third-order valence-corrected chi connectivity index (χ3v) is 2.61. The Kier molecular flexibility index (Phi) is 3.21. The fourth-order valence-electron chi connectivity index (χ4n) is 1.04. The summed E-state index contributed by atoms with van der Waals surface area (Å²) in [6.45, 7) is 2.18. The summed E-state index contributed by atoms with van der Waals surface area (Å²) in [7, 11) is 0. The Balaban J connectivity index is 2.25. The SMILES string of the molecule is O[C@@H]1CCCN(I)CC1. The van der Waals surface area contributed by atoms with Crippen LogP contribution in [0.15, 0.2) is 0 Å². The topological polar surface area (TPSA) is 23.5 Å². The lowest BCUT2D eigenvalue weighted by atomic mass is 10.2. The van der Waals surface area contributed by atoms with Crippen molar-refractivity contribution in [2.24, 2.45) is 0 Å². The molecule has 0 aliphatic carbocycles. The lowest BCUT2D eigenvalue weighted by Crippen LogP contribution is -2.12. The van der Waals surface area contributed by atoms with Gasteiger partial charge in [0.1, 0.15) is 0 Å². The van der Waals surface area contributed by atoms with E-state index in [1.165, 1.54) is 0 Å². The normalized spacial score (nSPS) is 32.0. The van der Waals surface area contributed by atoms with E-state index in [1.807, 2.05) is 0 Å². The second-order valence-electron chi connectivity index (χ2n) is 2.49. The van der Waals surface area contributed by atoms with Crippen molar-refractivity contribution in [3.63, 3.8) is 0 Å². The molecule has 9 heavy (non-hydrogen) atoms. The first kappa shape index (κ1) is 7.75. The summed E-state index contributed by atoms with van der Waals surface area (Å²) < 4.78 is 2.24. The van der Waals surface area contributed by atoms with Crippen molar-refractivity contribution in [1.29, 1.82) is 0 Å². The molecule has 1 heterocycles. The molecule has 0 aromatic carbocycles. The van der Waals surface area contributed by atoms with Gasteiger partial charge >= 0.3 is 0 Å². The Morgan fingerprint density at radius 2 is 2.11 bits per heavy atom. The zero-order valence-corrected chi connectivity index (χ0v) is 7.54. The van der Waals surface area contributed by atoms with Crippen molar-refractivity contribution in [2.45, 2.75) is 25.4 Å². The molecule has 1 aliphatic heterocycles. The van der Waals surface area contributed by atoms with Crippen molar-refractivity contribution in [3.05, 3.63) is 0 Å². The molecule has 54 valence electrons. The van der Waals surface area contributed by atoms with Crippen molar-refractivity contribution in [1.82, 2.24) is 3.11 Å². The second-order valence-corrected chi connectivity index (χ2v) is 3.86. The average Bonchev–Trinajstić information content (AvgIpc) is 1.97. The van der Waals surface area contributed by atoms with Gasteiger partial charge in [-0.3, -0.25) is 0 Å². The van der Waals surface area contributed by atoms with Gasteiger partial charge in [0.25, 0.3) is 0 Å². The summed E-state index contributed by atoms with van der Waals surface area (Å²) in [5.74, 6) is 0. The highest BCUT2D eigenvalue weighted by Gasteiger charge is 2.11. The Labute approximate surface area is 69.7 Å². The van der Waals surface area contributed by atoms with Gasteiger partial charge in [0.15, 0.2) is 0 Å². The number of hydrogen-bond donors (Lipinski definition) is 1. The predicted molar refractivity (Wildman–Crippen MR) is 45.5 cm³/mol. The molecule has 0 aromatic heterocycles. The molecule has 0 radical (unpaired) electrons. The molecule has 0 spiro atoms. The summed E-state index contributed by atoms with van der Waals surface area (Å²) in [6, 6.07) is 0. The molecular formula is C6H12INO. The van der Waals surface area contributed by atoms with E-state index in [-0.39, 0.29) is 6.10 Å². The van der Waals surface area contributed by atoms with Gasteiger partial charge in [-0.15, -0.1) is 0 Å². The van der Waals surface area contributed by atoms with Crippen LogP contribution in [-0.4, -0.2) is 27.4 Å². The fourth-order valence-corrected chi connectivity index (χ4v) is 1.66. The van der Waals surface area contributed by atoms with Gasteiger partial charge in [-0.1, -0.05) is 0 Å². The van der Waals surface area contributed by atoms with E-state index in [1.54, 1.807) is 0 Å². The molecular weight excluding hydrogens is 229 g/mol. The molecule has 2 nitrogen and oxygen atoms in total. The number of aliphatic hydroxyl groups is 1. The maximum Gasteiger partial charge on any atom is 0.0553 e. The standard InChI is InChI=1S/C6H12INO/c7-8-4-1-2-6(9)3-5-8/h6,9H,1-5H2/t6-/m1/s1. The van der Waals surface area contributed by atoms with Gasteiger partial charge in [-0.25, -0.2) is 3.11 Å². The van der Waals surface area contributed by atoms with Crippen LogP contribution in [0.1, 0.15) is 19.3 Å². The van der Waals surface area contributed by atoms with Crippen LogP contribution in [0.3, 0.4) is 0 Å². The van der Waals surface area contributed by atoms with Crippen LogP contribution in [0, 0.1) is 0 Å². The third-order valence-electron chi connectivity index (χ3n) is 1.64. The largest absolute Gasteiger partial charge is 0.393 e. The number of rotatable bonds is 0. The molecule has 1 aliphatic rings. The summed E-state index contributed by atoms with van der Waals surface area (Å²) >= 11 is 2.31. The molecule has 1 fully saturated rings. The lowest BCUT2D eigenvalue weighted by Gasteiger charge is -2.08. The van der Waals surface area contributed by atoms with E-state index in [9.17, 15) is 5.11 Å². The minimum atomic E-state index is -0.0373. The first-order valence-corrected chi connectivity index (χ1v) is 4.34. The number of aliphatic hydroxyl groups excluding tert-OH is 1. The van der Waals surface area contributed by atoms with Gasteiger partial charge in [0, 0.05) is 36.0 Å². The Hall–Kier alpha value is 0.650. The van der Waals surface area contributed by atoms with Crippen LogP contribution in [0.25, 0.3) is 0 Å². The quantitative estimate of drug-likeness (QED) is 0.508. The molecule has 3 heteroatoms. The molecule has 0 amide bonds. The summed E-state index contributed by atoms with van der Waals surface area (Å²) in [4.78, 5) is 0. The Bertz CT molecular complexity index is 79.1. The summed E-state index contributed by atoms with van der Waals surface area (Å²) in [5, 5.41) is 9.18. The minimum absolute atomic E-state index is 0.0373. The number of hydrogen-bond acceptors (Lipinski definition) is 2. The smallest absolute Gasteiger partial charge is 0.0553 e. The van der Waals surface area contributed by atoms with E-state index in [4.69, 9.17) is 0 Å². The van der Waals surface area contributed by atoms with E-state index < -0.39 is 0 Å². The van der Waals surface area contributed by atoms with Crippen LogP contribution in [0.5, 0.6) is 0 Å². The van der Waals surface area contributed by atoms with Crippen molar-refractivity contribution < 1.29 is 5.11 Å². The van der Waals surface area contributed by atoms with E-state index in [0.717, 1.165) is 32.4 Å². The highest BCUT2D eigenvalue weighted by atomic mass is 127. The van der Waals surface area contributed by atoms with Gasteiger partial charge in [-0.2, -0.15) is 0 Å². The number of nitrogens with zero attached hydrogens (tertiary/aromatic N) is 1. The summed E-state index contributed by atoms with van der Waals surface area (Å²) in [5.41, 5.74) is 0. The average molecular weight is 241 g/mol. The van der Waals surface area contributed by atoms with Crippen LogP contribution < -0.4 is 0 Å². The van der Waals surface area contributed by atoms with Crippen LogP contribution >= 0.6 is 22.9 Å². The van der Waals surface area contributed by atoms with Crippen LogP contribution in [0.2, 0.25) is 0 Å². The van der Waals surface area contributed by atoms with Gasteiger partial charge in [-0.05, 0) is 19.3 Å². The zero-order chi connectivity index (χ0) is 6.69. The molecule has 0 bridgehead atoms. The van der Waals surface area contributed by atoms with Gasteiger partial charge in [0.2, 0.25) is 0 Å². The Morgan fingerprint density at radius 1 is 1.33 bits per heavy atom. The van der Waals surface area contributed by atoms with Crippen molar-refractivity contribution in [2.75, 3.05) is 13.1 Å². The maximum absolute atomic E-state index is 9.18. The molecule has 0 unspecified atom stereocenters. The molecule has 1 rings (SSSR count). The van der Waals surface area contributed by atoms with Crippen LogP contribution in [-0.2, 0) is 0 Å². The van der Waals surface area contributed by atoms with E-state index in [0.29, 0.717) is 0 Å². The van der Waals surface area contributed by atoms with E-state index in [2.05, 4.69) is 26.0 Å². The van der Waals surface area contributed by atoms with Crippen LogP contribution in [0.4, 0.5) is 0 Å². The number of halogens is 1. The van der Waals surface area contributed by atoms with Crippen molar-refractivity contribution in [3.8, 4) is 0 Å². The summed E-state index contributed by atoms with van der Waals surface area (Å²) in [6.07, 6.45) is 3.04.